The summed E-state index contributed by atoms with van der Waals surface area (Å²) in [5.41, 5.74) is 2.39. The SMILES string of the molecule is Cc1cc([N+](=O)[O-])ccc1NC(=O)CSc1nnc(C(C)Oc2ccc(C(C)C)cc2)n1C(C)C. The molecule has 9 nitrogen and oxygen atoms in total. The quantitative estimate of drug-likeness (QED) is 0.205. The number of non-ortho nitro benzene ring substituents is 1. The van der Waals surface area contributed by atoms with Crippen molar-refractivity contribution >= 4 is 29.0 Å². The maximum Gasteiger partial charge on any atom is 0.269 e. The number of anilines is 1. The van der Waals surface area contributed by atoms with Crippen LogP contribution in [0.25, 0.3) is 0 Å². The van der Waals surface area contributed by atoms with E-state index in [4.69, 9.17) is 4.74 Å². The van der Waals surface area contributed by atoms with Crippen LogP contribution >= 0.6 is 11.8 Å². The van der Waals surface area contributed by atoms with Crippen molar-refractivity contribution in [2.75, 3.05) is 11.1 Å². The first-order valence-electron chi connectivity index (χ1n) is 11.5. The summed E-state index contributed by atoms with van der Waals surface area (Å²) in [6.07, 6.45) is -0.333. The molecule has 3 rings (SSSR count). The molecule has 0 spiro atoms. The zero-order chi connectivity index (χ0) is 25.7. The largest absolute Gasteiger partial charge is 0.483 e. The Hall–Kier alpha value is -3.40. The second-order valence-electron chi connectivity index (χ2n) is 8.88. The molecule has 0 saturated carbocycles. The van der Waals surface area contributed by atoms with Gasteiger partial charge < -0.3 is 14.6 Å². The molecule has 0 aliphatic heterocycles. The van der Waals surface area contributed by atoms with Crippen molar-refractivity contribution in [1.82, 2.24) is 14.8 Å². The zero-order valence-corrected chi connectivity index (χ0v) is 21.6. The molecule has 1 aromatic heterocycles. The predicted molar refractivity (Wildman–Crippen MR) is 137 cm³/mol. The van der Waals surface area contributed by atoms with Crippen molar-refractivity contribution in [2.24, 2.45) is 0 Å². The lowest BCUT2D eigenvalue weighted by Crippen LogP contribution is -2.17. The fraction of sp³-hybridized carbons (Fsp3) is 0.400. The highest BCUT2D eigenvalue weighted by Crippen LogP contribution is 2.29. The maximum absolute atomic E-state index is 12.5. The Morgan fingerprint density at radius 1 is 1.11 bits per heavy atom. The molecule has 0 aliphatic carbocycles. The second kappa shape index (κ2) is 11.4. The van der Waals surface area contributed by atoms with Crippen LogP contribution in [0.15, 0.2) is 47.6 Å². The summed E-state index contributed by atoms with van der Waals surface area (Å²) in [5, 5.41) is 23.0. The summed E-state index contributed by atoms with van der Waals surface area (Å²) in [6.45, 7) is 12.0. The normalized spacial score (nSPS) is 12.1. The summed E-state index contributed by atoms with van der Waals surface area (Å²) in [5.74, 6) is 1.77. The van der Waals surface area contributed by atoms with E-state index in [2.05, 4.69) is 41.5 Å². The van der Waals surface area contributed by atoms with Gasteiger partial charge in [0.2, 0.25) is 5.91 Å². The number of amides is 1. The number of hydrogen-bond acceptors (Lipinski definition) is 7. The van der Waals surface area contributed by atoms with E-state index in [0.29, 0.717) is 28.1 Å². The van der Waals surface area contributed by atoms with Crippen molar-refractivity contribution in [3.05, 3.63) is 69.5 Å². The number of benzene rings is 2. The van der Waals surface area contributed by atoms with Gasteiger partial charge in [0, 0.05) is 23.9 Å². The zero-order valence-electron chi connectivity index (χ0n) is 20.8. The molecule has 1 atom stereocenters. The highest BCUT2D eigenvalue weighted by molar-refractivity contribution is 7.99. The number of ether oxygens (including phenoxy) is 1. The fourth-order valence-electron chi connectivity index (χ4n) is 3.56. The smallest absolute Gasteiger partial charge is 0.269 e. The number of nitrogens with one attached hydrogen (secondary N) is 1. The van der Waals surface area contributed by atoms with Crippen molar-refractivity contribution in [2.45, 2.75) is 64.8 Å². The van der Waals surface area contributed by atoms with Crippen molar-refractivity contribution < 1.29 is 14.5 Å². The predicted octanol–water partition coefficient (Wildman–Crippen LogP) is 6.07. The average molecular weight is 498 g/mol. The molecule has 186 valence electrons. The number of aryl methyl sites for hydroxylation is 1. The van der Waals surface area contributed by atoms with Crippen LogP contribution in [0.5, 0.6) is 5.75 Å². The molecule has 3 aromatic rings. The molecule has 2 aromatic carbocycles. The number of thioether (sulfide) groups is 1. The Morgan fingerprint density at radius 3 is 2.37 bits per heavy atom. The molecule has 1 amide bonds. The Balaban J connectivity index is 1.67. The number of hydrogen-bond donors (Lipinski definition) is 1. The second-order valence-corrected chi connectivity index (χ2v) is 9.82. The third-order valence-corrected chi connectivity index (χ3v) is 6.40. The lowest BCUT2D eigenvalue weighted by molar-refractivity contribution is -0.384. The van der Waals surface area contributed by atoms with Gasteiger partial charge >= 0.3 is 0 Å². The van der Waals surface area contributed by atoms with Gasteiger partial charge in [-0.1, -0.05) is 37.7 Å². The first-order valence-corrected chi connectivity index (χ1v) is 12.4. The van der Waals surface area contributed by atoms with E-state index < -0.39 is 4.92 Å². The van der Waals surface area contributed by atoms with Gasteiger partial charge in [-0.2, -0.15) is 0 Å². The van der Waals surface area contributed by atoms with E-state index >= 15 is 0 Å². The van der Waals surface area contributed by atoms with E-state index in [-0.39, 0.29) is 29.5 Å². The monoisotopic (exact) mass is 497 g/mol. The molecule has 0 bridgehead atoms. The van der Waals surface area contributed by atoms with Crippen LogP contribution in [0.2, 0.25) is 0 Å². The molecule has 1 unspecified atom stereocenters. The lowest BCUT2D eigenvalue weighted by Gasteiger charge is -2.19. The number of aromatic nitrogens is 3. The van der Waals surface area contributed by atoms with Crippen molar-refractivity contribution in [3.63, 3.8) is 0 Å². The third kappa shape index (κ3) is 6.60. The number of rotatable bonds is 10. The molecular formula is C25H31N5O4S. The minimum absolute atomic E-state index is 0.0142. The molecule has 0 radical (unpaired) electrons. The van der Waals surface area contributed by atoms with Crippen molar-refractivity contribution in [3.8, 4) is 5.75 Å². The standard InChI is InChI=1S/C25H31N5O4S/c1-15(2)19-7-10-21(11-8-19)34-18(6)24-27-28-25(29(24)16(3)4)35-14-23(31)26-22-12-9-20(30(32)33)13-17(22)5/h7-13,15-16,18H,14H2,1-6H3,(H,26,31). The maximum atomic E-state index is 12.5. The number of carbonyl (C=O) groups excluding carboxylic acids is 1. The molecule has 1 heterocycles. The minimum Gasteiger partial charge on any atom is -0.483 e. The number of nitro groups is 1. The topological polar surface area (TPSA) is 112 Å². The first-order chi connectivity index (χ1) is 16.6. The summed E-state index contributed by atoms with van der Waals surface area (Å²) >= 11 is 1.28. The van der Waals surface area contributed by atoms with Crippen LogP contribution in [0, 0.1) is 17.0 Å². The van der Waals surface area contributed by atoms with Gasteiger partial charge in [0.25, 0.3) is 5.69 Å². The Bertz CT molecular complexity index is 1190. The third-order valence-electron chi connectivity index (χ3n) is 5.46. The van der Waals surface area contributed by atoms with Crippen LogP contribution in [-0.2, 0) is 4.79 Å². The summed E-state index contributed by atoms with van der Waals surface area (Å²) in [6, 6.07) is 12.5. The summed E-state index contributed by atoms with van der Waals surface area (Å²) in [7, 11) is 0. The minimum atomic E-state index is -0.462. The van der Waals surface area contributed by atoms with E-state index in [1.54, 1.807) is 6.92 Å². The van der Waals surface area contributed by atoms with Gasteiger partial charge in [-0.15, -0.1) is 10.2 Å². The highest BCUT2D eigenvalue weighted by Gasteiger charge is 2.22. The number of carbonyl (C=O) groups is 1. The Morgan fingerprint density at radius 2 is 1.80 bits per heavy atom. The van der Waals surface area contributed by atoms with Gasteiger partial charge in [0.15, 0.2) is 17.1 Å². The summed E-state index contributed by atoms with van der Waals surface area (Å²) < 4.78 is 8.10. The summed E-state index contributed by atoms with van der Waals surface area (Å²) in [4.78, 5) is 23.0. The lowest BCUT2D eigenvalue weighted by atomic mass is 10.0. The molecule has 10 heteroatoms. The van der Waals surface area contributed by atoms with E-state index in [9.17, 15) is 14.9 Å². The molecular weight excluding hydrogens is 466 g/mol. The van der Waals surface area contributed by atoms with E-state index in [0.717, 1.165) is 5.75 Å². The number of nitro benzene ring substituents is 1. The Kier molecular flexibility index (Phi) is 8.50. The van der Waals surface area contributed by atoms with Crippen LogP contribution in [0.1, 0.15) is 69.6 Å². The molecule has 35 heavy (non-hydrogen) atoms. The van der Waals surface area contributed by atoms with Crippen LogP contribution < -0.4 is 10.1 Å². The van der Waals surface area contributed by atoms with Crippen LogP contribution in [0.3, 0.4) is 0 Å². The van der Waals surface area contributed by atoms with Gasteiger partial charge in [-0.05, 0) is 62.9 Å². The first kappa shape index (κ1) is 26.2. The molecule has 1 N–H and O–H groups in total. The van der Waals surface area contributed by atoms with E-state index in [1.165, 1.54) is 35.5 Å². The van der Waals surface area contributed by atoms with Gasteiger partial charge in [-0.25, -0.2) is 0 Å². The van der Waals surface area contributed by atoms with E-state index in [1.807, 2.05) is 37.5 Å². The fourth-order valence-corrected chi connectivity index (χ4v) is 4.43. The Labute approximate surface area is 209 Å². The molecule has 0 fully saturated rings. The molecule has 0 saturated heterocycles. The average Bonchev–Trinajstić information content (AvgIpc) is 3.24. The van der Waals surface area contributed by atoms with Gasteiger partial charge in [0.05, 0.1) is 10.7 Å². The highest BCUT2D eigenvalue weighted by atomic mass is 32.2. The van der Waals surface area contributed by atoms with Gasteiger partial charge in [-0.3, -0.25) is 14.9 Å². The van der Waals surface area contributed by atoms with Crippen molar-refractivity contribution in [1.29, 1.82) is 0 Å². The van der Waals surface area contributed by atoms with Crippen LogP contribution in [0.4, 0.5) is 11.4 Å². The van der Waals surface area contributed by atoms with Crippen LogP contribution in [-0.4, -0.2) is 31.3 Å². The number of nitrogens with zero attached hydrogens (tertiary/aromatic N) is 4. The van der Waals surface area contributed by atoms with Gasteiger partial charge in [0.1, 0.15) is 5.75 Å². The molecule has 0 aliphatic rings.